The van der Waals surface area contributed by atoms with Crippen molar-refractivity contribution in [3.05, 3.63) is 82.9 Å². The molecular weight excluding hydrogens is 526 g/mol. The average molecular weight is 557 g/mol. The SMILES string of the molecule is CC(C)(C)OC(=O)C=Cc1ccc(C(c2ccc(/C=C/C(=O)OC(C)(C)C)cc2)(C(F)(F)F)C(F)(F)F)cc1. The summed E-state index contributed by atoms with van der Waals surface area (Å²) >= 11 is 0. The molecule has 0 aliphatic rings. The molecule has 212 valence electrons. The minimum Gasteiger partial charge on any atom is -0.457 e. The Balaban J connectivity index is 2.49. The molecule has 0 aliphatic carbocycles. The first-order valence-corrected chi connectivity index (χ1v) is 11.8. The van der Waals surface area contributed by atoms with Crippen molar-refractivity contribution in [1.29, 1.82) is 0 Å². The zero-order chi connectivity index (χ0) is 29.9. The van der Waals surface area contributed by atoms with Crippen molar-refractivity contribution in [2.45, 2.75) is 70.5 Å². The topological polar surface area (TPSA) is 52.6 Å². The molecule has 2 aromatic carbocycles. The lowest BCUT2D eigenvalue weighted by atomic mass is 9.72. The first-order chi connectivity index (χ1) is 17.7. The molecule has 0 heterocycles. The van der Waals surface area contributed by atoms with Gasteiger partial charge in [-0.2, -0.15) is 26.3 Å². The Hall–Kier alpha value is -3.56. The maximum atomic E-state index is 14.4. The summed E-state index contributed by atoms with van der Waals surface area (Å²) in [6.45, 7) is 9.86. The zero-order valence-corrected chi connectivity index (χ0v) is 22.3. The van der Waals surface area contributed by atoms with Gasteiger partial charge in [-0.1, -0.05) is 48.5 Å². The third-order valence-electron chi connectivity index (χ3n) is 5.18. The molecule has 0 N–H and O–H groups in total. The summed E-state index contributed by atoms with van der Waals surface area (Å²) in [6, 6.07) is 7.14. The molecule has 2 aromatic rings. The van der Waals surface area contributed by atoms with Gasteiger partial charge in [0.1, 0.15) is 11.2 Å². The number of carbonyl (C=O) groups excluding carboxylic acids is 2. The lowest BCUT2D eigenvalue weighted by molar-refractivity contribution is -0.288. The van der Waals surface area contributed by atoms with E-state index >= 15 is 0 Å². The Kier molecular flexibility index (Phi) is 9.15. The zero-order valence-electron chi connectivity index (χ0n) is 22.3. The van der Waals surface area contributed by atoms with Crippen LogP contribution >= 0.6 is 0 Å². The average Bonchev–Trinajstić information content (AvgIpc) is 2.74. The smallest absolute Gasteiger partial charge is 0.411 e. The maximum absolute atomic E-state index is 14.4. The Morgan fingerprint density at radius 2 is 0.846 bits per heavy atom. The van der Waals surface area contributed by atoms with E-state index in [1.165, 1.54) is 12.2 Å². The highest BCUT2D eigenvalue weighted by Gasteiger charge is 2.72. The number of ether oxygens (including phenoxy) is 2. The lowest BCUT2D eigenvalue weighted by Crippen LogP contribution is -2.54. The molecule has 0 fully saturated rings. The molecule has 0 saturated heterocycles. The minimum absolute atomic E-state index is 0.200. The number of benzene rings is 2. The highest BCUT2D eigenvalue weighted by molar-refractivity contribution is 5.88. The third-order valence-corrected chi connectivity index (χ3v) is 5.18. The van der Waals surface area contributed by atoms with Crippen LogP contribution in [0.15, 0.2) is 60.7 Å². The highest BCUT2D eigenvalue weighted by Crippen LogP contribution is 2.56. The summed E-state index contributed by atoms with van der Waals surface area (Å²) in [5, 5.41) is 0. The number of esters is 2. The van der Waals surface area contributed by atoms with Crippen LogP contribution in [0.5, 0.6) is 0 Å². The van der Waals surface area contributed by atoms with Crippen LogP contribution < -0.4 is 0 Å². The normalized spacial score (nSPS) is 13.6. The second kappa shape index (κ2) is 11.3. The van der Waals surface area contributed by atoms with E-state index in [1.54, 1.807) is 41.5 Å². The van der Waals surface area contributed by atoms with Gasteiger partial charge >= 0.3 is 24.3 Å². The summed E-state index contributed by atoms with van der Waals surface area (Å²) in [5.41, 5.74) is -7.57. The van der Waals surface area contributed by atoms with Crippen LogP contribution in [0, 0.1) is 0 Å². The van der Waals surface area contributed by atoms with E-state index in [-0.39, 0.29) is 11.1 Å². The number of alkyl halides is 6. The number of rotatable bonds is 6. The van der Waals surface area contributed by atoms with Gasteiger partial charge in [-0.3, -0.25) is 0 Å². The number of hydrogen-bond acceptors (Lipinski definition) is 4. The summed E-state index contributed by atoms with van der Waals surface area (Å²) in [6.07, 6.45) is -6.99. The van der Waals surface area contributed by atoms with E-state index in [2.05, 4.69) is 0 Å². The van der Waals surface area contributed by atoms with Crippen LogP contribution in [-0.4, -0.2) is 35.5 Å². The van der Waals surface area contributed by atoms with Crippen molar-refractivity contribution >= 4 is 24.1 Å². The van der Waals surface area contributed by atoms with E-state index in [9.17, 15) is 35.9 Å². The predicted molar refractivity (Wildman–Crippen MR) is 136 cm³/mol. The first kappa shape index (κ1) is 31.7. The molecule has 10 heteroatoms. The number of carbonyl (C=O) groups is 2. The van der Waals surface area contributed by atoms with Crippen molar-refractivity contribution in [1.82, 2.24) is 0 Å². The van der Waals surface area contributed by atoms with Crippen LogP contribution in [0.2, 0.25) is 0 Å². The van der Waals surface area contributed by atoms with E-state index in [0.29, 0.717) is 0 Å². The molecule has 39 heavy (non-hydrogen) atoms. The largest absolute Gasteiger partial charge is 0.457 e. The summed E-state index contributed by atoms with van der Waals surface area (Å²) in [5.74, 6) is -1.43. The van der Waals surface area contributed by atoms with Gasteiger partial charge in [-0.05, 0) is 75.9 Å². The molecule has 0 spiro atoms. The second-order valence-corrected chi connectivity index (χ2v) is 10.7. The fraction of sp³-hybridized carbons (Fsp3) is 0.379. The van der Waals surface area contributed by atoms with Crippen LogP contribution in [0.3, 0.4) is 0 Å². The summed E-state index contributed by atoms with van der Waals surface area (Å²) < 4.78 is 96.6. The third kappa shape index (κ3) is 8.21. The molecular formula is C29H30F6O4. The second-order valence-electron chi connectivity index (χ2n) is 10.7. The molecule has 0 atom stereocenters. The lowest BCUT2D eigenvalue weighted by Gasteiger charge is -2.38. The van der Waals surface area contributed by atoms with Crippen molar-refractivity contribution in [3.63, 3.8) is 0 Å². The first-order valence-electron chi connectivity index (χ1n) is 11.8. The molecule has 0 bridgehead atoms. The molecule has 4 nitrogen and oxygen atoms in total. The molecule has 0 aromatic heterocycles. The molecule has 0 radical (unpaired) electrons. The molecule has 0 unspecified atom stereocenters. The molecule has 0 aliphatic heterocycles. The quantitative estimate of drug-likeness (QED) is 0.207. The Bertz CT molecular complexity index is 1110. The fourth-order valence-electron chi connectivity index (χ4n) is 3.67. The Morgan fingerprint density at radius 1 is 0.564 bits per heavy atom. The van der Waals surface area contributed by atoms with E-state index in [4.69, 9.17) is 9.47 Å². The van der Waals surface area contributed by atoms with Crippen molar-refractivity contribution < 1.29 is 45.4 Å². The van der Waals surface area contributed by atoms with E-state index in [1.807, 2.05) is 0 Å². The number of hydrogen-bond donors (Lipinski definition) is 0. The van der Waals surface area contributed by atoms with Gasteiger partial charge in [0.2, 0.25) is 5.41 Å². The van der Waals surface area contributed by atoms with Crippen molar-refractivity contribution in [3.8, 4) is 0 Å². The van der Waals surface area contributed by atoms with E-state index < -0.39 is 52.0 Å². The van der Waals surface area contributed by atoms with Crippen LogP contribution in [0.1, 0.15) is 63.8 Å². The van der Waals surface area contributed by atoms with Gasteiger partial charge < -0.3 is 9.47 Å². The van der Waals surface area contributed by atoms with Gasteiger partial charge in [0.15, 0.2) is 0 Å². The highest BCUT2D eigenvalue weighted by atomic mass is 19.4. The van der Waals surface area contributed by atoms with Crippen molar-refractivity contribution in [2.24, 2.45) is 0 Å². The van der Waals surface area contributed by atoms with Gasteiger partial charge in [0.05, 0.1) is 0 Å². The monoisotopic (exact) mass is 556 g/mol. The van der Waals surface area contributed by atoms with Crippen LogP contribution in [0.4, 0.5) is 26.3 Å². The summed E-state index contributed by atoms with van der Waals surface area (Å²) in [4.78, 5) is 23.7. The molecule has 2 rings (SSSR count). The Labute approximate surface area is 223 Å². The molecule has 0 amide bonds. The summed E-state index contributed by atoms with van der Waals surface area (Å²) in [7, 11) is 0. The minimum atomic E-state index is -5.76. The van der Waals surface area contributed by atoms with Gasteiger partial charge in [-0.15, -0.1) is 0 Å². The molecule has 0 saturated carbocycles. The van der Waals surface area contributed by atoms with E-state index in [0.717, 1.165) is 60.7 Å². The predicted octanol–water partition coefficient (Wildman–Crippen LogP) is 7.81. The maximum Gasteiger partial charge on any atom is 0.411 e. The van der Waals surface area contributed by atoms with Crippen LogP contribution in [0.25, 0.3) is 12.2 Å². The van der Waals surface area contributed by atoms with Gasteiger partial charge in [0, 0.05) is 12.2 Å². The van der Waals surface area contributed by atoms with Crippen LogP contribution in [-0.2, 0) is 24.5 Å². The fourth-order valence-corrected chi connectivity index (χ4v) is 3.67. The number of halogens is 6. The van der Waals surface area contributed by atoms with Crippen molar-refractivity contribution in [2.75, 3.05) is 0 Å². The van der Waals surface area contributed by atoms with Gasteiger partial charge in [0.25, 0.3) is 0 Å². The Morgan fingerprint density at radius 3 is 1.08 bits per heavy atom. The van der Waals surface area contributed by atoms with Gasteiger partial charge in [-0.25, -0.2) is 9.59 Å². The standard InChI is InChI=1S/C29H30F6O4/c1-25(2,3)38-23(36)17-11-19-7-13-21(14-8-19)27(28(30,31)32,29(33,34)35)22-15-9-20(10-16-22)12-18-24(37)39-26(4,5)6/h7-18H,1-6H3/b17-11+,18-12?.